The molecule has 0 atom stereocenters. The number of hydrogen-bond donors (Lipinski definition) is 3. The molecule has 0 radical (unpaired) electrons. The van der Waals surface area contributed by atoms with Crippen LogP contribution in [-0.4, -0.2) is 34.7 Å². The van der Waals surface area contributed by atoms with Gasteiger partial charge in [0.25, 0.3) is 5.91 Å². The molecule has 1 aromatic rings. The lowest BCUT2D eigenvalue weighted by Crippen LogP contribution is -2.52. The van der Waals surface area contributed by atoms with Gasteiger partial charge in [0.2, 0.25) is 0 Å². The average molecular weight is 283 g/mol. The molecule has 2 rings (SSSR count). The van der Waals surface area contributed by atoms with Crippen molar-refractivity contribution in [3.63, 3.8) is 0 Å². The number of carbonyl (C=O) groups excluding carboxylic acids is 1. The molecule has 5 nitrogen and oxygen atoms in total. The van der Waals surface area contributed by atoms with E-state index < -0.39 is 5.54 Å². The molecule has 6 heteroatoms. The van der Waals surface area contributed by atoms with Crippen LogP contribution < -0.4 is 11.1 Å². The lowest BCUT2D eigenvalue weighted by molar-refractivity contribution is 0.0754. The van der Waals surface area contributed by atoms with Gasteiger partial charge in [-0.15, -0.1) is 11.3 Å². The minimum atomic E-state index is -0.451. The highest BCUT2D eigenvalue weighted by Gasteiger charge is 2.33. The van der Waals surface area contributed by atoms with Gasteiger partial charge in [0.15, 0.2) is 0 Å². The minimum absolute atomic E-state index is 0.00145. The normalized spacial score (nSPS) is 18.2. The van der Waals surface area contributed by atoms with E-state index in [1.165, 1.54) is 17.8 Å². The van der Waals surface area contributed by atoms with E-state index in [-0.39, 0.29) is 12.5 Å². The summed E-state index contributed by atoms with van der Waals surface area (Å²) in [6, 6.07) is 0. The van der Waals surface area contributed by atoms with Crippen LogP contribution in [0.5, 0.6) is 0 Å². The molecule has 4 N–H and O–H groups in total. The first-order valence-electron chi connectivity index (χ1n) is 6.77. The Hall–Kier alpha value is -0.980. The minimum Gasteiger partial charge on any atom is -0.394 e. The van der Waals surface area contributed by atoms with Gasteiger partial charge in [-0.1, -0.05) is 19.3 Å². The molecule has 0 unspecified atom stereocenters. The molecule has 106 valence electrons. The van der Waals surface area contributed by atoms with Crippen molar-refractivity contribution in [3.05, 3.63) is 16.1 Å². The highest BCUT2D eigenvalue weighted by molar-refractivity contribution is 7.09. The summed E-state index contributed by atoms with van der Waals surface area (Å²) >= 11 is 1.46. The lowest BCUT2D eigenvalue weighted by Gasteiger charge is -2.36. The van der Waals surface area contributed by atoms with Crippen molar-refractivity contribution >= 4 is 17.2 Å². The van der Waals surface area contributed by atoms with E-state index in [1.54, 1.807) is 5.38 Å². The van der Waals surface area contributed by atoms with E-state index in [4.69, 9.17) is 5.73 Å². The van der Waals surface area contributed by atoms with Crippen molar-refractivity contribution in [1.29, 1.82) is 0 Å². The third-order valence-corrected chi connectivity index (χ3v) is 4.54. The number of nitrogens with two attached hydrogens (primary N) is 1. The van der Waals surface area contributed by atoms with Gasteiger partial charge in [-0.3, -0.25) is 4.79 Å². The molecule has 1 heterocycles. The summed E-state index contributed by atoms with van der Waals surface area (Å²) in [5, 5.41) is 15.2. The summed E-state index contributed by atoms with van der Waals surface area (Å²) in [5.41, 5.74) is 5.46. The molecule has 0 aromatic carbocycles. The Morgan fingerprint density at radius 3 is 2.84 bits per heavy atom. The summed E-state index contributed by atoms with van der Waals surface area (Å²) in [6.07, 6.45) is 5.66. The predicted octanol–water partition coefficient (Wildman–Crippen LogP) is 1.07. The first-order chi connectivity index (χ1) is 9.19. The third kappa shape index (κ3) is 3.52. The standard InChI is InChI=1S/C13H21N3O2S/c14-7-4-11-15-10(8-19-11)12(18)16-13(9-17)5-2-1-3-6-13/h8,17H,1-7,9,14H2,(H,16,18). The van der Waals surface area contributed by atoms with Gasteiger partial charge in [-0.25, -0.2) is 4.98 Å². The second-order valence-electron chi connectivity index (χ2n) is 5.12. The smallest absolute Gasteiger partial charge is 0.271 e. The van der Waals surface area contributed by atoms with Crippen molar-refractivity contribution in [2.45, 2.75) is 44.1 Å². The maximum Gasteiger partial charge on any atom is 0.271 e. The quantitative estimate of drug-likeness (QED) is 0.754. The molecule has 1 aliphatic carbocycles. The van der Waals surface area contributed by atoms with Crippen molar-refractivity contribution in [2.24, 2.45) is 5.73 Å². The molecule has 0 saturated heterocycles. The topological polar surface area (TPSA) is 88.2 Å². The highest BCUT2D eigenvalue weighted by Crippen LogP contribution is 2.28. The zero-order valence-electron chi connectivity index (χ0n) is 11.0. The summed E-state index contributed by atoms with van der Waals surface area (Å²) in [5.74, 6) is -0.185. The number of aliphatic hydroxyl groups excluding tert-OH is 1. The zero-order chi connectivity index (χ0) is 13.7. The van der Waals surface area contributed by atoms with Crippen LogP contribution in [0.15, 0.2) is 5.38 Å². The number of rotatable bonds is 5. The van der Waals surface area contributed by atoms with E-state index in [9.17, 15) is 9.90 Å². The molecular formula is C13H21N3O2S. The molecule has 0 aliphatic heterocycles. The van der Waals surface area contributed by atoms with Crippen LogP contribution in [0, 0.1) is 0 Å². The number of amides is 1. The molecular weight excluding hydrogens is 262 g/mol. The van der Waals surface area contributed by atoms with E-state index in [2.05, 4.69) is 10.3 Å². The Kier molecular flexibility index (Phi) is 4.90. The van der Waals surface area contributed by atoms with Crippen LogP contribution in [0.2, 0.25) is 0 Å². The number of thiazole rings is 1. The van der Waals surface area contributed by atoms with Crippen molar-refractivity contribution < 1.29 is 9.90 Å². The Labute approximate surface area is 117 Å². The summed E-state index contributed by atoms with van der Waals surface area (Å²) in [6.45, 7) is 0.535. The average Bonchev–Trinajstić information content (AvgIpc) is 2.89. The Balaban J connectivity index is 2.02. The highest BCUT2D eigenvalue weighted by atomic mass is 32.1. The SMILES string of the molecule is NCCc1nc(C(=O)NC2(CO)CCCCC2)cs1. The van der Waals surface area contributed by atoms with Crippen molar-refractivity contribution in [3.8, 4) is 0 Å². The maximum atomic E-state index is 12.2. The largest absolute Gasteiger partial charge is 0.394 e. The zero-order valence-corrected chi connectivity index (χ0v) is 11.8. The Morgan fingerprint density at radius 2 is 2.21 bits per heavy atom. The predicted molar refractivity (Wildman–Crippen MR) is 75.2 cm³/mol. The van der Waals surface area contributed by atoms with Crippen LogP contribution in [0.1, 0.15) is 47.6 Å². The van der Waals surface area contributed by atoms with Gasteiger partial charge >= 0.3 is 0 Å². The fraction of sp³-hybridized carbons (Fsp3) is 0.692. The number of carbonyl (C=O) groups is 1. The first kappa shape index (κ1) is 14.4. The van der Waals surface area contributed by atoms with E-state index in [1.807, 2.05) is 0 Å². The molecule has 1 fully saturated rings. The van der Waals surface area contributed by atoms with Gasteiger partial charge in [0.1, 0.15) is 5.69 Å². The number of aliphatic hydroxyl groups is 1. The van der Waals surface area contributed by atoms with Gasteiger partial charge in [-0.05, 0) is 19.4 Å². The molecule has 1 aromatic heterocycles. The van der Waals surface area contributed by atoms with E-state index in [0.717, 1.165) is 30.7 Å². The fourth-order valence-corrected chi connectivity index (χ4v) is 3.30. The lowest BCUT2D eigenvalue weighted by atomic mass is 9.82. The van der Waals surface area contributed by atoms with E-state index >= 15 is 0 Å². The van der Waals surface area contributed by atoms with Gasteiger partial charge in [0, 0.05) is 11.8 Å². The summed E-state index contributed by atoms with van der Waals surface area (Å²) in [7, 11) is 0. The van der Waals surface area contributed by atoms with Crippen LogP contribution in [-0.2, 0) is 6.42 Å². The molecule has 0 spiro atoms. The maximum absolute atomic E-state index is 12.2. The monoisotopic (exact) mass is 283 g/mol. The number of hydrogen-bond acceptors (Lipinski definition) is 5. The van der Waals surface area contributed by atoms with Gasteiger partial charge < -0.3 is 16.2 Å². The van der Waals surface area contributed by atoms with Crippen LogP contribution in [0.3, 0.4) is 0 Å². The van der Waals surface area contributed by atoms with Crippen LogP contribution >= 0.6 is 11.3 Å². The molecule has 1 saturated carbocycles. The van der Waals surface area contributed by atoms with Gasteiger partial charge in [-0.2, -0.15) is 0 Å². The number of nitrogens with one attached hydrogen (secondary N) is 1. The fourth-order valence-electron chi connectivity index (χ4n) is 2.51. The molecule has 1 amide bonds. The second-order valence-corrected chi connectivity index (χ2v) is 6.06. The summed E-state index contributed by atoms with van der Waals surface area (Å²) in [4.78, 5) is 16.5. The summed E-state index contributed by atoms with van der Waals surface area (Å²) < 4.78 is 0. The van der Waals surface area contributed by atoms with Crippen molar-refractivity contribution in [1.82, 2.24) is 10.3 Å². The first-order valence-corrected chi connectivity index (χ1v) is 7.65. The van der Waals surface area contributed by atoms with Gasteiger partial charge in [0.05, 0.1) is 17.2 Å². The van der Waals surface area contributed by atoms with Crippen LogP contribution in [0.4, 0.5) is 0 Å². The van der Waals surface area contributed by atoms with Crippen LogP contribution in [0.25, 0.3) is 0 Å². The molecule has 1 aliphatic rings. The van der Waals surface area contributed by atoms with E-state index in [0.29, 0.717) is 18.7 Å². The molecule has 0 bridgehead atoms. The number of nitrogens with zero attached hydrogens (tertiary/aromatic N) is 1. The van der Waals surface area contributed by atoms with Crippen molar-refractivity contribution in [2.75, 3.05) is 13.2 Å². The second kappa shape index (κ2) is 6.45. The number of aromatic nitrogens is 1. The Bertz CT molecular complexity index is 427. The third-order valence-electron chi connectivity index (χ3n) is 3.63. The Morgan fingerprint density at radius 1 is 1.47 bits per heavy atom. The molecule has 19 heavy (non-hydrogen) atoms.